The van der Waals surface area contributed by atoms with Crippen LogP contribution in [0.3, 0.4) is 0 Å². The Morgan fingerprint density at radius 3 is 3.00 bits per heavy atom. The van der Waals surface area contributed by atoms with Crippen molar-refractivity contribution in [3.8, 4) is 5.75 Å². The van der Waals surface area contributed by atoms with E-state index in [0.717, 1.165) is 23.8 Å². The molecular weight excluding hydrogens is 250 g/mol. The van der Waals surface area contributed by atoms with E-state index in [1.807, 2.05) is 24.3 Å². The number of hydrogen-bond acceptors (Lipinski definition) is 4. The molecule has 0 fully saturated rings. The van der Waals surface area contributed by atoms with E-state index in [1.165, 1.54) is 0 Å². The molecule has 0 bridgehead atoms. The van der Waals surface area contributed by atoms with Gasteiger partial charge >= 0.3 is 0 Å². The van der Waals surface area contributed by atoms with Crippen molar-refractivity contribution in [2.75, 3.05) is 23.8 Å². The number of benzene rings is 1. The highest BCUT2D eigenvalue weighted by atomic mass is 35.5. The smallest absolute Gasteiger partial charge is 0.145 e. The van der Waals surface area contributed by atoms with Crippen molar-refractivity contribution in [2.45, 2.75) is 0 Å². The third-order valence-corrected chi connectivity index (χ3v) is 3.19. The van der Waals surface area contributed by atoms with Gasteiger partial charge < -0.3 is 15.4 Å². The molecule has 2 aromatic rings. The molecule has 0 spiro atoms. The highest BCUT2D eigenvalue weighted by molar-refractivity contribution is 6.33. The first kappa shape index (κ1) is 11.2. The number of pyridine rings is 1. The van der Waals surface area contributed by atoms with Crippen LogP contribution in [0.2, 0.25) is 5.02 Å². The van der Waals surface area contributed by atoms with Gasteiger partial charge in [0.05, 0.1) is 22.9 Å². The van der Waals surface area contributed by atoms with Gasteiger partial charge in [-0.25, -0.2) is 4.98 Å². The molecule has 0 saturated heterocycles. The number of nitrogens with two attached hydrogens (primary N) is 1. The molecule has 1 aliphatic heterocycles. The van der Waals surface area contributed by atoms with Crippen molar-refractivity contribution >= 4 is 28.8 Å². The van der Waals surface area contributed by atoms with Crippen molar-refractivity contribution in [3.63, 3.8) is 0 Å². The Morgan fingerprint density at radius 1 is 1.33 bits per heavy atom. The van der Waals surface area contributed by atoms with Crippen LogP contribution in [0.15, 0.2) is 36.5 Å². The molecule has 18 heavy (non-hydrogen) atoms. The Hall–Kier alpha value is -1.94. The molecule has 1 aromatic carbocycles. The minimum atomic E-state index is 0.526. The van der Waals surface area contributed by atoms with Crippen LogP contribution >= 0.6 is 11.6 Å². The first-order chi connectivity index (χ1) is 8.75. The molecular formula is C13H12ClN3O. The molecule has 0 unspecified atom stereocenters. The van der Waals surface area contributed by atoms with Gasteiger partial charge in [0.25, 0.3) is 0 Å². The number of rotatable bonds is 1. The minimum Gasteiger partial charge on any atom is -0.489 e. The fraction of sp³-hybridized carbons (Fsp3) is 0.154. The third kappa shape index (κ3) is 1.84. The maximum absolute atomic E-state index is 6.07. The summed E-state index contributed by atoms with van der Waals surface area (Å²) in [5.41, 5.74) is 7.21. The maximum Gasteiger partial charge on any atom is 0.145 e. The van der Waals surface area contributed by atoms with Crippen LogP contribution < -0.4 is 15.4 Å². The fourth-order valence-electron chi connectivity index (χ4n) is 2.00. The summed E-state index contributed by atoms with van der Waals surface area (Å²) in [6.45, 7) is 1.34. The molecule has 3 rings (SSSR count). The highest BCUT2D eigenvalue weighted by Gasteiger charge is 2.21. The molecule has 1 aliphatic rings. The Labute approximate surface area is 110 Å². The van der Waals surface area contributed by atoms with Gasteiger partial charge in [-0.1, -0.05) is 17.7 Å². The number of fused-ring (bicyclic) bond motifs is 1. The number of halogens is 1. The second-order valence-corrected chi connectivity index (χ2v) is 4.44. The van der Waals surface area contributed by atoms with Crippen molar-refractivity contribution in [3.05, 3.63) is 41.6 Å². The van der Waals surface area contributed by atoms with E-state index in [4.69, 9.17) is 22.1 Å². The Kier molecular flexibility index (Phi) is 2.72. The molecule has 0 aliphatic carbocycles. The lowest BCUT2D eigenvalue weighted by Gasteiger charge is -2.30. The number of nitrogens with zero attached hydrogens (tertiary/aromatic N) is 2. The van der Waals surface area contributed by atoms with Gasteiger partial charge in [-0.2, -0.15) is 0 Å². The first-order valence-electron chi connectivity index (χ1n) is 5.66. The van der Waals surface area contributed by atoms with E-state index in [-0.39, 0.29) is 0 Å². The van der Waals surface area contributed by atoms with Gasteiger partial charge in [0.1, 0.15) is 18.2 Å². The number of hydrogen-bond donors (Lipinski definition) is 1. The van der Waals surface area contributed by atoms with E-state index in [1.54, 1.807) is 12.3 Å². The zero-order valence-electron chi connectivity index (χ0n) is 9.64. The second kappa shape index (κ2) is 4.38. The summed E-state index contributed by atoms with van der Waals surface area (Å²) in [5.74, 6) is 1.62. The lowest BCUT2D eigenvalue weighted by molar-refractivity contribution is 0.314. The molecule has 2 heterocycles. The number of ether oxygens (including phenoxy) is 1. The molecule has 1 aromatic heterocycles. The van der Waals surface area contributed by atoms with E-state index < -0.39 is 0 Å². The molecule has 0 radical (unpaired) electrons. The summed E-state index contributed by atoms with van der Waals surface area (Å²) in [6.07, 6.45) is 1.77. The predicted octanol–water partition coefficient (Wildman–Crippen LogP) is 2.85. The lowest BCUT2D eigenvalue weighted by Crippen LogP contribution is -2.29. The summed E-state index contributed by atoms with van der Waals surface area (Å²) < 4.78 is 5.60. The number of anilines is 3. The Bertz CT molecular complexity index is 574. The Balaban J connectivity index is 2.09. The zero-order chi connectivity index (χ0) is 12.5. The van der Waals surface area contributed by atoms with Crippen LogP contribution in [0.4, 0.5) is 17.2 Å². The van der Waals surface area contributed by atoms with E-state index in [2.05, 4.69) is 9.88 Å². The molecule has 2 N–H and O–H groups in total. The monoisotopic (exact) mass is 261 g/mol. The van der Waals surface area contributed by atoms with Crippen molar-refractivity contribution < 1.29 is 4.74 Å². The average Bonchev–Trinajstić information content (AvgIpc) is 2.40. The lowest BCUT2D eigenvalue weighted by atomic mass is 10.2. The summed E-state index contributed by atoms with van der Waals surface area (Å²) in [5, 5.41) is 0.528. The van der Waals surface area contributed by atoms with Gasteiger partial charge in [0.2, 0.25) is 0 Å². The highest BCUT2D eigenvalue weighted by Crippen LogP contribution is 2.40. The van der Waals surface area contributed by atoms with E-state index >= 15 is 0 Å². The van der Waals surface area contributed by atoms with Crippen molar-refractivity contribution in [2.24, 2.45) is 0 Å². The normalized spacial score (nSPS) is 13.9. The van der Waals surface area contributed by atoms with Crippen LogP contribution in [-0.2, 0) is 0 Å². The second-order valence-electron chi connectivity index (χ2n) is 4.03. The Morgan fingerprint density at radius 2 is 2.22 bits per heavy atom. The van der Waals surface area contributed by atoms with Gasteiger partial charge in [-0.05, 0) is 18.2 Å². The standard InChI is InChI=1S/C13H12ClN3O/c14-9-7-11-12(8-10(9)15)18-6-5-17(11)13-3-1-2-4-16-13/h1-4,7-8H,5-6,15H2. The summed E-state index contributed by atoms with van der Waals surface area (Å²) in [6, 6.07) is 9.38. The van der Waals surface area contributed by atoms with Gasteiger partial charge in [-0.3, -0.25) is 0 Å². The SMILES string of the molecule is Nc1cc2c(cc1Cl)N(c1ccccn1)CCO2. The van der Waals surface area contributed by atoms with Crippen molar-refractivity contribution in [1.29, 1.82) is 0 Å². The summed E-state index contributed by atoms with van der Waals surface area (Å²) in [4.78, 5) is 6.42. The van der Waals surface area contributed by atoms with Crippen LogP contribution in [-0.4, -0.2) is 18.1 Å². The van der Waals surface area contributed by atoms with Crippen LogP contribution in [0.1, 0.15) is 0 Å². The molecule has 4 nitrogen and oxygen atoms in total. The maximum atomic E-state index is 6.07. The molecule has 0 saturated carbocycles. The summed E-state index contributed by atoms with van der Waals surface area (Å²) in [7, 11) is 0. The van der Waals surface area contributed by atoms with E-state index in [9.17, 15) is 0 Å². The zero-order valence-corrected chi connectivity index (χ0v) is 10.4. The minimum absolute atomic E-state index is 0.526. The average molecular weight is 262 g/mol. The van der Waals surface area contributed by atoms with Gasteiger partial charge in [-0.15, -0.1) is 0 Å². The first-order valence-corrected chi connectivity index (χ1v) is 6.04. The number of nitrogen functional groups attached to an aromatic ring is 1. The topological polar surface area (TPSA) is 51.4 Å². The fourth-order valence-corrected chi connectivity index (χ4v) is 2.16. The molecule has 0 amide bonds. The predicted molar refractivity (Wildman–Crippen MR) is 72.6 cm³/mol. The summed E-state index contributed by atoms with van der Waals surface area (Å²) >= 11 is 6.07. The van der Waals surface area contributed by atoms with E-state index in [0.29, 0.717) is 17.3 Å². The number of aromatic nitrogens is 1. The largest absolute Gasteiger partial charge is 0.489 e. The molecule has 5 heteroatoms. The van der Waals surface area contributed by atoms with Crippen molar-refractivity contribution in [1.82, 2.24) is 4.98 Å². The van der Waals surface area contributed by atoms with Crippen LogP contribution in [0, 0.1) is 0 Å². The molecule has 0 atom stereocenters. The van der Waals surface area contributed by atoms with Gasteiger partial charge in [0, 0.05) is 12.3 Å². The van der Waals surface area contributed by atoms with Crippen LogP contribution in [0.25, 0.3) is 0 Å². The van der Waals surface area contributed by atoms with Crippen LogP contribution in [0.5, 0.6) is 5.75 Å². The molecule has 92 valence electrons. The van der Waals surface area contributed by atoms with Gasteiger partial charge in [0.15, 0.2) is 0 Å². The quantitative estimate of drug-likeness (QED) is 0.802. The third-order valence-electron chi connectivity index (χ3n) is 2.87.